The number of aliphatic hydroxyl groups excluding tert-OH is 1. The normalized spacial score (nSPS) is 17.8. The van der Waals surface area contributed by atoms with Gasteiger partial charge in [-0.05, 0) is 62.5 Å². The highest BCUT2D eigenvalue weighted by Crippen LogP contribution is 2.39. The highest BCUT2D eigenvalue weighted by molar-refractivity contribution is 6.46. The minimum Gasteiger partial charge on any atom is -0.507 e. The fourth-order valence-electron chi connectivity index (χ4n) is 3.64. The molecule has 3 rings (SSSR count). The molecule has 0 bridgehead atoms. The van der Waals surface area contributed by atoms with Crippen LogP contribution >= 0.6 is 0 Å². The van der Waals surface area contributed by atoms with Gasteiger partial charge in [0.25, 0.3) is 11.7 Å². The highest BCUT2D eigenvalue weighted by Gasteiger charge is 2.45. The Morgan fingerprint density at radius 2 is 1.66 bits per heavy atom. The summed E-state index contributed by atoms with van der Waals surface area (Å²) in [5, 5.41) is 11.1. The van der Waals surface area contributed by atoms with Crippen LogP contribution < -0.4 is 9.47 Å². The quantitative estimate of drug-likeness (QED) is 0.367. The summed E-state index contributed by atoms with van der Waals surface area (Å²) in [7, 11) is 5.38. The Labute approximate surface area is 188 Å². The van der Waals surface area contributed by atoms with Gasteiger partial charge in [-0.1, -0.05) is 19.1 Å². The highest BCUT2D eigenvalue weighted by atomic mass is 16.5. The number of benzene rings is 2. The fraction of sp³-hybridized carbons (Fsp3) is 0.360. The molecule has 2 aromatic rings. The molecule has 0 aliphatic carbocycles. The number of nitrogens with zero attached hydrogens (tertiary/aromatic N) is 2. The van der Waals surface area contributed by atoms with Crippen LogP contribution in [0.4, 0.5) is 0 Å². The van der Waals surface area contributed by atoms with Crippen LogP contribution in [-0.2, 0) is 9.59 Å². The van der Waals surface area contributed by atoms with Gasteiger partial charge in [0.05, 0.1) is 25.3 Å². The van der Waals surface area contributed by atoms with Gasteiger partial charge in [0, 0.05) is 18.7 Å². The van der Waals surface area contributed by atoms with Crippen molar-refractivity contribution in [1.29, 1.82) is 0 Å². The number of carbonyl (C=O) groups is 2. The summed E-state index contributed by atoms with van der Waals surface area (Å²) in [4.78, 5) is 29.4. The fourth-order valence-corrected chi connectivity index (χ4v) is 3.64. The maximum atomic E-state index is 13.0. The zero-order valence-corrected chi connectivity index (χ0v) is 19.0. The zero-order chi connectivity index (χ0) is 23.3. The summed E-state index contributed by atoms with van der Waals surface area (Å²) < 4.78 is 10.8. The van der Waals surface area contributed by atoms with Crippen molar-refractivity contribution >= 4 is 17.4 Å². The van der Waals surface area contributed by atoms with E-state index in [2.05, 4.69) is 0 Å². The molecule has 0 radical (unpaired) electrons. The molecule has 32 heavy (non-hydrogen) atoms. The Kier molecular flexibility index (Phi) is 7.53. The third-order valence-electron chi connectivity index (χ3n) is 5.36. The number of amides is 1. The summed E-state index contributed by atoms with van der Waals surface area (Å²) >= 11 is 0. The molecule has 1 fully saturated rings. The minimum atomic E-state index is -0.687. The van der Waals surface area contributed by atoms with E-state index in [1.54, 1.807) is 43.5 Å². The van der Waals surface area contributed by atoms with E-state index in [1.807, 2.05) is 38.1 Å². The smallest absolute Gasteiger partial charge is 0.295 e. The molecule has 1 N–H and O–H groups in total. The molecular formula is C25H30N2O5. The van der Waals surface area contributed by atoms with Crippen molar-refractivity contribution in [2.45, 2.75) is 19.4 Å². The molecule has 0 aromatic heterocycles. The average molecular weight is 439 g/mol. The van der Waals surface area contributed by atoms with E-state index in [1.165, 1.54) is 4.90 Å². The number of hydrogen-bond donors (Lipinski definition) is 1. The second-order valence-corrected chi connectivity index (χ2v) is 7.94. The molecule has 7 nitrogen and oxygen atoms in total. The van der Waals surface area contributed by atoms with Crippen LogP contribution in [0.3, 0.4) is 0 Å². The monoisotopic (exact) mass is 438 g/mol. The number of aliphatic hydroxyl groups is 1. The molecule has 170 valence electrons. The molecule has 0 spiro atoms. The van der Waals surface area contributed by atoms with Gasteiger partial charge < -0.3 is 24.4 Å². The first kappa shape index (κ1) is 23.3. The van der Waals surface area contributed by atoms with E-state index in [-0.39, 0.29) is 11.3 Å². The number of ketones is 1. The van der Waals surface area contributed by atoms with Crippen LogP contribution in [0.25, 0.3) is 5.76 Å². The van der Waals surface area contributed by atoms with Gasteiger partial charge in [-0.15, -0.1) is 0 Å². The maximum absolute atomic E-state index is 13.0. The van der Waals surface area contributed by atoms with Gasteiger partial charge in [0.15, 0.2) is 0 Å². The van der Waals surface area contributed by atoms with Crippen LogP contribution in [0.15, 0.2) is 54.1 Å². The largest absolute Gasteiger partial charge is 0.507 e. The van der Waals surface area contributed by atoms with Crippen LogP contribution in [0.5, 0.6) is 11.5 Å². The Bertz CT molecular complexity index is 980. The topological polar surface area (TPSA) is 79.3 Å². The second kappa shape index (κ2) is 10.3. The van der Waals surface area contributed by atoms with Crippen molar-refractivity contribution < 1.29 is 24.2 Å². The number of rotatable bonds is 9. The first-order valence-electron chi connectivity index (χ1n) is 10.7. The Balaban J connectivity index is 2.04. The Morgan fingerprint density at radius 1 is 1.03 bits per heavy atom. The van der Waals surface area contributed by atoms with E-state index in [0.29, 0.717) is 36.8 Å². The van der Waals surface area contributed by atoms with Gasteiger partial charge in [-0.25, -0.2) is 0 Å². The third kappa shape index (κ3) is 4.94. The number of likely N-dealkylation sites (N-methyl/N-ethyl adjacent to an activating group) is 1. The lowest BCUT2D eigenvalue weighted by Crippen LogP contribution is -2.35. The van der Waals surface area contributed by atoms with Crippen molar-refractivity contribution in [2.24, 2.45) is 0 Å². The summed E-state index contributed by atoms with van der Waals surface area (Å²) in [6.45, 7) is 3.56. The molecule has 1 aliphatic rings. The molecule has 0 saturated carbocycles. The van der Waals surface area contributed by atoms with Crippen molar-refractivity contribution in [1.82, 2.24) is 9.80 Å². The van der Waals surface area contributed by atoms with Gasteiger partial charge in [0.2, 0.25) is 0 Å². The van der Waals surface area contributed by atoms with Crippen LogP contribution in [-0.4, -0.2) is 67.5 Å². The predicted molar refractivity (Wildman–Crippen MR) is 123 cm³/mol. The number of likely N-dealkylation sites (tertiary alicyclic amines) is 1. The van der Waals surface area contributed by atoms with Crippen LogP contribution in [0.2, 0.25) is 0 Å². The molecule has 2 aromatic carbocycles. The van der Waals surface area contributed by atoms with Crippen LogP contribution in [0, 0.1) is 0 Å². The third-order valence-corrected chi connectivity index (χ3v) is 5.36. The lowest BCUT2D eigenvalue weighted by molar-refractivity contribution is -0.140. The van der Waals surface area contributed by atoms with E-state index in [9.17, 15) is 14.7 Å². The molecule has 0 unspecified atom stereocenters. The van der Waals surface area contributed by atoms with E-state index in [4.69, 9.17) is 9.47 Å². The van der Waals surface area contributed by atoms with Gasteiger partial charge in [0.1, 0.15) is 17.3 Å². The number of Topliss-reactive ketones (excluding diaryl/α,β-unsaturated/α-hetero) is 1. The summed E-state index contributed by atoms with van der Waals surface area (Å²) in [6.07, 6.45) is 0.889. The zero-order valence-electron chi connectivity index (χ0n) is 19.0. The summed E-state index contributed by atoms with van der Waals surface area (Å²) in [5.41, 5.74) is 1.27. The summed E-state index contributed by atoms with van der Waals surface area (Å²) in [6, 6.07) is 13.4. The number of hydrogen-bond acceptors (Lipinski definition) is 6. The lowest BCUT2D eigenvalue weighted by Gasteiger charge is -2.26. The maximum Gasteiger partial charge on any atom is 0.295 e. The molecule has 1 saturated heterocycles. The molecule has 1 amide bonds. The average Bonchev–Trinajstić information content (AvgIpc) is 3.06. The molecule has 1 aliphatic heterocycles. The molecule has 7 heteroatoms. The van der Waals surface area contributed by atoms with Crippen LogP contribution in [0.1, 0.15) is 30.5 Å². The second-order valence-electron chi connectivity index (χ2n) is 7.94. The van der Waals surface area contributed by atoms with Gasteiger partial charge >= 0.3 is 0 Å². The van der Waals surface area contributed by atoms with Gasteiger partial charge in [-0.2, -0.15) is 0 Å². The number of ether oxygens (including phenoxy) is 2. The molecular weight excluding hydrogens is 408 g/mol. The SMILES string of the molecule is CCCOc1ccc(/C(O)=C2\C(=O)C(=O)N(CCN(C)C)[C@H]2c2ccc(OC)cc2)cc1. The lowest BCUT2D eigenvalue weighted by atomic mass is 9.95. The van der Waals surface area contributed by atoms with E-state index in [0.717, 1.165) is 12.0 Å². The van der Waals surface area contributed by atoms with Crippen molar-refractivity contribution in [2.75, 3.05) is 40.9 Å². The number of carbonyl (C=O) groups excluding carboxylic acids is 2. The van der Waals surface area contributed by atoms with E-state index < -0.39 is 17.7 Å². The van der Waals surface area contributed by atoms with E-state index >= 15 is 0 Å². The standard InChI is InChI=1S/C25H30N2O5/c1-5-16-32-20-12-8-18(9-13-20)23(28)21-22(17-6-10-19(31-4)11-7-17)27(15-14-26(2)3)25(30)24(21)29/h6-13,22,28H,5,14-16H2,1-4H3/b23-21+/t22-/m0/s1. The first-order chi connectivity index (χ1) is 15.4. The van der Waals surface area contributed by atoms with Crippen molar-refractivity contribution in [3.8, 4) is 11.5 Å². The summed E-state index contributed by atoms with van der Waals surface area (Å²) in [5.74, 6) is -0.146. The van der Waals surface area contributed by atoms with Crippen molar-refractivity contribution in [3.63, 3.8) is 0 Å². The molecule has 1 heterocycles. The Hall–Kier alpha value is -3.32. The Morgan fingerprint density at radius 3 is 2.22 bits per heavy atom. The molecule has 1 atom stereocenters. The predicted octanol–water partition coefficient (Wildman–Crippen LogP) is 3.47. The van der Waals surface area contributed by atoms with Crippen molar-refractivity contribution in [3.05, 3.63) is 65.2 Å². The minimum absolute atomic E-state index is 0.0844. The van der Waals surface area contributed by atoms with Gasteiger partial charge in [-0.3, -0.25) is 9.59 Å². The number of methoxy groups -OCH3 is 1. The first-order valence-corrected chi connectivity index (χ1v) is 10.7.